The second kappa shape index (κ2) is 16.0. The van der Waals surface area contributed by atoms with Crippen LogP contribution < -0.4 is 24.4 Å². The highest BCUT2D eigenvalue weighted by molar-refractivity contribution is 5.94. The molecule has 6 rings (SSSR count). The Balaban J connectivity index is 1.46. The third-order valence-corrected chi connectivity index (χ3v) is 9.36. The Labute approximate surface area is 297 Å². The van der Waals surface area contributed by atoms with Gasteiger partial charge in [-0.05, 0) is 43.4 Å². The summed E-state index contributed by atoms with van der Waals surface area (Å²) in [5, 5.41) is 7.73. The summed E-state index contributed by atoms with van der Waals surface area (Å²) in [6.45, 7) is 4.32. The summed E-state index contributed by atoms with van der Waals surface area (Å²) in [6, 6.07) is 15.0. The van der Waals surface area contributed by atoms with Crippen LogP contribution in [0.2, 0.25) is 0 Å². The Kier molecular flexibility index (Phi) is 11.0. The van der Waals surface area contributed by atoms with Gasteiger partial charge in [0.2, 0.25) is 17.6 Å². The fourth-order valence-electron chi connectivity index (χ4n) is 6.71. The average molecular weight is 697 g/mol. The molecule has 2 aliphatic heterocycles. The standard InChI is InChI=1S/C38H44N6O7/c1-25-19-31(41-51-25)38(47)42-16-14-33(45)39-22-27-11-8-15-44(23-27)37-28(20-29-30(40-37)21-32(48-2)36(50-4)35(29)49-3)24-43(18-17-42)34(46)13-12-26-9-6-5-7-10-26/h5-7,9-10,12-13,19-21,27H,8,11,14-18,22-24H2,1-4H3,(H,39,45)/b13-12+. The summed E-state index contributed by atoms with van der Waals surface area (Å²) in [5.74, 6) is 2.05. The fourth-order valence-corrected chi connectivity index (χ4v) is 6.71. The van der Waals surface area contributed by atoms with Crippen molar-refractivity contribution in [2.24, 2.45) is 5.92 Å². The van der Waals surface area contributed by atoms with E-state index < -0.39 is 0 Å². The maximum absolute atomic E-state index is 14.1. The number of ether oxygens (including phenoxy) is 3. The van der Waals surface area contributed by atoms with Crippen molar-refractivity contribution in [2.75, 3.05) is 65.5 Å². The molecule has 268 valence electrons. The SMILES string of the molecule is COc1cc2nc3c(cc2c(OC)c1OC)CN(C(=O)/C=C/c1ccccc1)CCN(C(=O)c1cc(C)on1)CCC(=O)NCC1CCCN3C1. The van der Waals surface area contributed by atoms with E-state index in [1.165, 1.54) is 0 Å². The zero-order valence-electron chi connectivity index (χ0n) is 29.5. The van der Waals surface area contributed by atoms with Gasteiger partial charge < -0.3 is 38.8 Å². The van der Waals surface area contributed by atoms with Crippen LogP contribution in [0, 0.1) is 12.8 Å². The number of nitrogens with zero attached hydrogens (tertiary/aromatic N) is 5. The summed E-state index contributed by atoms with van der Waals surface area (Å²) in [4.78, 5) is 51.6. The molecule has 13 heteroatoms. The third-order valence-electron chi connectivity index (χ3n) is 9.36. The van der Waals surface area contributed by atoms with Crippen LogP contribution in [0.1, 0.15) is 46.6 Å². The predicted octanol–water partition coefficient (Wildman–Crippen LogP) is 4.48. The predicted molar refractivity (Wildman–Crippen MR) is 192 cm³/mol. The van der Waals surface area contributed by atoms with E-state index in [9.17, 15) is 14.4 Å². The number of carbonyl (C=O) groups is 3. The van der Waals surface area contributed by atoms with Gasteiger partial charge in [-0.2, -0.15) is 0 Å². The zero-order chi connectivity index (χ0) is 35.9. The third kappa shape index (κ3) is 8.08. The summed E-state index contributed by atoms with van der Waals surface area (Å²) in [7, 11) is 4.70. The van der Waals surface area contributed by atoms with Gasteiger partial charge in [0.25, 0.3) is 5.91 Å². The van der Waals surface area contributed by atoms with Gasteiger partial charge in [-0.15, -0.1) is 0 Å². The number of benzene rings is 2. The Bertz CT molecular complexity index is 1910. The van der Waals surface area contributed by atoms with E-state index in [0.29, 0.717) is 47.0 Å². The molecule has 2 aliphatic rings. The first-order valence-electron chi connectivity index (χ1n) is 17.2. The highest BCUT2D eigenvalue weighted by Gasteiger charge is 2.29. The lowest BCUT2D eigenvalue weighted by Crippen LogP contribution is -2.42. The summed E-state index contributed by atoms with van der Waals surface area (Å²) in [5.41, 5.74) is 2.48. The summed E-state index contributed by atoms with van der Waals surface area (Å²) >= 11 is 0. The number of hydrogen-bond donors (Lipinski definition) is 1. The molecule has 1 saturated heterocycles. The molecule has 13 nitrogen and oxygen atoms in total. The van der Waals surface area contributed by atoms with E-state index >= 15 is 0 Å². The van der Waals surface area contributed by atoms with Gasteiger partial charge in [0.15, 0.2) is 17.2 Å². The van der Waals surface area contributed by atoms with E-state index in [1.807, 2.05) is 42.5 Å². The van der Waals surface area contributed by atoms with Crippen LogP contribution in [0.4, 0.5) is 5.82 Å². The van der Waals surface area contributed by atoms with E-state index in [0.717, 1.165) is 36.3 Å². The largest absolute Gasteiger partial charge is 0.493 e. The number of aryl methyl sites for hydroxylation is 1. The molecule has 2 bridgehead atoms. The molecular formula is C38H44N6O7. The maximum atomic E-state index is 14.1. The Morgan fingerprint density at radius 2 is 1.75 bits per heavy atom. The topological polar surface area (TPSA) is 140 Å². The van der Waals surface area contributed by atoms with Crippen molar-refractivity contribution in [2.45, 2.75) is 32.7 Å². The minimum absolute atomic E-state index is 0.109. The molecule has 51 heavy (non-hydrogen) atoms. The molecule has 0 radical (unpaired) electrons. The molecular weight excluding hydrogens is 652 g/mol. The first kappa shape index (κ1) is 35.2. The molecule has 2 aromatic heterocycles. The van der Waals surface area contributed by atoms with Crippen molar-refractivity contribution < 1.29 is 33.1 Å². The summed E-state index contributed by atoms with van der Waals surface area (Å²) < 4.78 is 22.4. The van der Waals surface area contributed by atoms with Crippen LogP contribution in [-0.2, 0) is 16.1 Å². The number of nitrogens with one attached hydrogen (secondary N) is 1. The van der Waals surface area contributed by atoms with E-state index in [-0.39, 0.29) is 61.9 Å². The van der Waals surface area contributed by atoms with Crippen LogP contribution in [0.5, 0.6) is 17.2 Å². The fraction of sp³-hybridized carbons (Fsp3) is 0.395. The first-order chi connectivity index (χ1) is 24.8. The van der Waals surface area contributed by atoms with Crippen LogP contribution in [-0.4, -0.2) is 98.3 Å². The van der Waals surface area contributed by atoms with Gasteiger partial charge >= 0.3 is 0 Å². The van der Waals surface area contributed by atoms with Crippen molar-refractivity contribution in [3.63, 3.8) is 0 Å². The second-order valence-corrected chi connectivity index (χ2v) is 12.8. The number of anilines is 1. The summed E-state index contributed by atoms with van der Waals surface area (Å²) in [6.07, 6.45) is 5.29. The van der Waals surface area contributed by atoms with E-state index in [4.69, 9.17) is 23.7 Å². The highest BCUT2D eigenvalue weighted by Crippen LogP contribution is 2.44. The van der Waals surface area contributed by atoms with Gasteiger partial charge in [0, 0.05) is 81.4 Å². The molecule has 4 aromatic rings. The number of fused-ring (bicyclic) bond motifs is 5. The Hall–Kier alpha value is -5.59. The Morgan fingerprint density at radius 3 is 2.47 bits per heavy atom. The number of piperidine rings is 1. The number of carbonyl (C=O) groups excluding carboxylic acids is 3. The lowest BCUT2D eigenvalue weighted by Gasteiger charge is -2.35. The van der Waals surface area contributed by atoms with Crippen LogP contribution in [0.25, 0.3) is 17.0 Å². The minimum Gasteiger partial charge on any atom is -0.493 e. The molecule has 2 aromatic carbocycles. The van der Waals surface area contributed by atoms with Gasteiger partial charge in [-0.25, -0.2) is 4.98 Å². The normalized spacial score (nSPS) is 17.4. The molecule has 1 atom stereocenters. The van der Waals surface area contributed by atoms with Crippen LogP contribution in [0.15, 0.2) is 59.1 Å². The van der Waals surface area contributed by atoms with Gasteiger partial charge in [-0.3, -0.25) is 14.4 Å². The van der Waals surface area contributed by atoms with Gasteiger partial charge in [0.1, 0.15) is 11.6 Å². The number of hydrogen-bond acceptors (Lipinski definition) is 10. The zero-order valence-corrected chi connectivity index (χ0v) is 29.5. The average Bonchev–Trinajstić information content (AvgIpc) is 3.60. The van der Waals surface area contributed by atoms with Crippen LogP contribution in [0.3, 0.4) is 0 Å². The first-order valence-corrected chi connectivity index (χ1v) is 17.2. The number of pyridine rings is 1. The quantitative estimate of drug-likeness (QED) is 0.287. The molecule has 1 N–H and O–H groups in total. The molecule has 1 unspecified atom stereocenters. The lowest BCUT2D eigenvalue weighted by atomic mass is 9.97. The molecule has 0 spiro atoms. The molecule has 0 saturated carbocycles. The smallest absolute Gasteiger partial charge is 0.276 e. The van der Waals surface area contributed by atoms with Crippen molar-refractivity contribution in [3.05, 3.63) is 77.2 Å². The van der Waals surface area contributed by atoms with Crippen LogP contribution >= 0.6 is 0 Å². The van der Waals surface area contributed by atoms with E-state index in [2.05, 4.69) is 15.4 Å². The monoisotopic (exact) mass is 696 g/mol. The molecule has 4 heterocycles. The maximum Gasteiger partial charge on any atom is 0.276 e. The van der Waals surface area contributed by atoms with Gasteiger partial charge in [0.05, 0.1) is 26.8 Å². The highest BCUT2D eigenvalue weighted by atomic mass is 16.5. The number of methoxy groups -OCH3 is 3. The van der Waals surface area contributed by atoms with Gasteiger partial charge in [-0.1, -0.05) is 35.5 Å². The van der Waals surface area contributed by atoms with Crippen molar-refractivity contribution >= 4 is 40.5 Å². The van der Waals surface area contributed by atoms with Crippen molar-refractivity contribution in [1.82, 2.24) is 25.3 Å². The lowest BCUT2D eigenvalue weighted by molar-refractivity contribution is -0.127. The molecule has 3 amide bonds. The number of aromatic nitrogens is 2. The number of rotatable bonds is 6. The van der Waals surface area contributed by atoms with Crippen molar-refractivity contribution in [1.29, 1.82) is 0 Å². The van der Waals surface area contributed by atoms with E-state index in [1.54, 1.807) is 56.3 Å². The number of amides is 3. The van der Waals surface area contributed by atoms with Crippen molar-refractivity contribution in [3.8, 4) is 17.2 Å². The molecule has 0 aliphatic carbocycles. The molecule has 1 fully saturated rings. The minimum atomic E-state index is -0.378. The Morgan fingerprint density at radius 1 is 0.961 bits per heavy atom. The second-order valence-electron chi connectivity index (χ2n) is 12.8.